The molecule has 0 amide bonds. The molecule has 0 bridgehead atoms. The van der Waals surface area contributed by atoms with Gasteiger partial charge in [-0.15, -0.1) is 0 Å². The SMILES string of the molecule is CCOCC(C)OCC(NC)c1ccccc1OC. The molecule has 1 rings (SSSR count). The van der Waals surface area contributed by atoms with Crippen LogP contribution in [0.3, 0.4) is 0 Å². The standard InChI is InChI=1S/C15H25NO3/c1-5-18-10-12(2)19-11-14(16-3)13-8-6-7-9-15(13)17-4/h6-9,12,14,16H,5,10-11H2,1-4H3. The monoisotopic (exact) mass is 267 g/mol. The van der Waals surface area contributed by atoms with Gasteiger partial charge in [-0.1, -0.05) is 18.2 Å². The van der Waals surface area contributed by atoms with Gasteiger partial charge in [0.25, 0.3) is 0 Å². The van der Waals surface area contributed by atoms with Crippen molar-refractivity contribution in [2.75, 3.05) is 34.0 Å². The number of methoxy groups -OCH3 is 1. The van der Waals surface area contributed by atoms with E-state index in [1.165, 1.54) is 0 Å². The Labute approximate surface area is 116 Å². The second-order valence-electron chi connectivity index (χ2n) is 4.39. The molecule has 1 aromatic carbocycles. The van der Waals surface area contributed by atoms with Gasteiger partial charge in [-0.25, -0.2) is 0 Å². The van der Waals surface area contributed by atoms with Crippen molar-refractivity contribution in [1.29, 1.82) is 0 Å². The van der Waals surface area contributed by atoms with Gasteiger partial charge in [-0.2, -0.15) is 0 Å². The second kappa shape index (κ2) is 8.91. The average Bonchev–Trinajstić information content (AvgIpc) is 2.46. The van der Waals surface area contributed by atoms with E-state index in [0.29, 0.717) is 13.2 Å². The van der Waals surface area contributed by atoms with Crippen LogP contribution in [0, 0.1) is 0 Å². The Bertz CT molecular complexity index is 357. The smallest absolute Gasteiger partial charge is 0.123 e. The molecule has 0 aliphatic rings. The summed E-state index contributed by atoms with van der Waals surface area (Å²) in [4.78, 5) is 0. The quantitative estimate of drug-likeness (QED) is 0.746. The third-order valence-corrected chi connectivity index (χ3v) is 2.97. The van der Waals surface area contributed by atoms with Crippen LogP contribution in [0.5, 0.6) is 5.75 Å². The molecule has 108 valence electrons. The molecule has 2 atom stereocenters. The molecule has 4 nitrogen and oxygen atoms in total. The number of hydrogen-bond donors (Lipinski definition) is 1. The Morgan fingerprint density at radius 1 is 1.21 bits per heavy atom. The molecule has 2 unspecified atom stereocenters. The summed E-state index contributed by atoms with van der Waals surface area (Å²) in [6.45, 7) is 5.93. The molecule has 0 aliphatic carbocycles. The third kappa shape index (κ3) is 5.19. The summed E-state index contributed by atoms with van der Waals surface area (Å²) in [6.07, 6.45) is 0.0884. The minimum Gasteiger partial charge on any atom is -0.496 e. The number of ether oxygens (including phenoxy) is 3. The molecule has 0 saturated heterocycles. The van der Waals surface area contributed by atoms with E-state index in [1.54, 1.807) is 7.11 Å². The van der Waals surface area contributed by atoms with E-state index >= 15 is 0 Å². The minimum atomic E-state index is 0.0884. The predicted octanol–water partition coefficient (Wildman–Crippen LogP) is 2.40. The molecule has 1 N–H and O–H groups in total. The molecule has 0 aromatic heterocycles. The van der Waals surface area contributed by atoms with E-state index in [4.69, 9.17) is 14.2 Å². The Balaban J connectivity index is 2.57. The molecule has 19 heavy (non-hydrogen) atoms. The molecule has 0 fully saturated rings. The van der Waals surface area contributed by atoms with E-state index in [2.05, 4.69) is 11.4 Å². The molecular weight excluding hydrogens is 242 g/mol. The highest BCUT2D eigenvalue weighted by Crippen LogP contribution is 2.24. The van der Waals surface area contributed by atoms with Crippen LogP contribution in [0.1, 0.15) is 25.5 Å². The van der Waals surface area contributed by atoms with Gasteiger partial charge in [0, 0.05) is 12.2 Å². The Hall–Kier alpha value is -1.10. The lowest BCUT2D eigenvalue weighted by Crippen LogP contribution is -2.26. The molecule has 4 heteroatoms. The van der Waals surface area contributed by atoms with Crippen molar-refractivity contribution in [3.63, 3.8) is 0 Å². The van der Waals surface area contributed by atoms with Crippen LogP contribution < -0.4 is 10.1 Å². The first-order chi connectivity index (χ1) is 9.22. The van der Waals surface area contributed by atoms with Crippen molar-refractivity contribution >= 4 is 0 Å². The maximum atomic E-state index is 5.81. The van der Waals surface area contributed by atoms with Crippen molar-refractivity contribution in [3.8, 4) is 5.75 Å². The molecule has 1 aromatic rings. The zero-order valence-electron chi connectivity index (χ0n) is 12.3. The van der Waals surface area contributed by atoms with Gasteiger partial charge in [-0.05, 0) is 27.0 Å². The summed E-state index contributed by atoms with van der Waals surface area (Å²) in [5, 5.41) is 3.26. The summed E-state index contributed by atoms with van der Waals surface area (Å²) >= 11 is 0. The lowest BCUT2D eigenvalue weighted by molar-refractivity contribution is -0.0112. The van der Waals surface area contributed by atoms with Gasteiger partial charge >= 0.3 is 0 Å². The Morgan fingerprint density at radius 2 is 1.95 bits per heavy atom. The highest BCUT2D eigenvalue weighted by molar-refractivity contribution is 5.35. The van der Waals surface area contributed by atoms with Gasteiger partial charge in [-0.3, -0.25) is 0 Å². The van der Waals surface area contributed by atoms with Gasteiger partial charge < -0.3 is 19.5 Å². The number of rotatable bonds is 9. The predicted molar refractivity (Wildman–Crippen MR) is 76.7 cm³/mol. The maximum Gasteiger partial charge on any atom is 0.123 e. The van der Waals surface area contributed by atoms with Gasteiger partial charge in [0.1, 0.15) is 5.75 Å². The second-order valence-corrected chi connectivity index (χ2v) is 4.39. The van der Waals surface area contributed by atoms with Crippen LogP contribution >= 0.6 is 0 Å². The number of benzene rings is 1. The molecule has 0 radical (unpaired) electrons. The van der Waals surface area contributed by atoms with Gasteiger partial charge in [0.2, 0.25) is 0 Å². The van der Waals surface area contributed by atoms with Gasteiger partial charge in [0.05, 0.1) is 32.5 Å². The lowest BCUT2D eigenvalue weighted by Gasteiger charge is -2.21. The van der Waals surface area contributed by atoms with Crippen LogP contribution in [0.4, 0.5) is 0 Å². The van der Waals surface area contributed by atoms with Crippen LogP contribution in [-0.2, 0) is 9.47 Å². The van der Waals surface area contributed by atoms with E-state index < -0.39 is 0 Å². The summed E-state index contributed by atoms with van der Waals surface area (Å²) < 4.78 is 16.5. The zero-order valence-corrected chi connectivity index (χ0v) is 12.3. The topological polar surface area (TPSA) is 39.7 Å². The van der Waals surface area contributed by atoms with Crippen LogP contribution in [-0.4, -0.2) is 40.1 Å². The van der Waals surface area contributed by atoms with Crippen LogP contribution in [0.25, 0.3) is 0 Å². The van der Waals surface area contributed by atoms with Crippen molar-refractivity contribution in [3.05, 3.63) is 29.8 Å². The van der Waals surface area contributed by atoms with E-state index in [-0.39, 0.29) is 12.1 Å². The largest absolute Gasteiger partial charge is 0.496 e. The summed E-state index contributed by atoms with van der Waals surface area (Å²) in [5.41, 5.74) is 1.11. The normalized spacial score (nSPS) is 14.1. The van der Waals surface area contributed by atoms with Crippen molar-refractivity contribution < 1.29 is 14.2 Å². The van der Waals surface area contributed by atoms with Crippen molar-refractivity contribution in [2.45, 2.75) is 26.0 Å². The Kier molecular flexibility index (Phi) is 7.48. The molecule has 0 spiro atoms. The summed E-state index contributed by atoms with van der Waals surface area (Å²) in [7, 11) is 3.61. The van der Waals surface area contributed by atoms with Crippen molar-refractivity contribution in [2.24, 2.45) is 0 Å². The fourth-order valence-corrected chi connectivity index (χ4v) is 1.88. The number of para-hydroxylation sites is 1. The third-order valence-electron chi connectivity index (χ3n) is 2.97. The number of nitrogens with one attached hydrogen (secondary N) is 1. The van der Waals surface area contributed by atoms with E-state index in [0.717, 1.165) is 17.9 Å². The van der Waals surface area contributed by atoms with Gasteiger partial charge in [0.15, 0.2) is 0 Å². The molecule has 0 saturated carbocycles. The zero-order chi connectivity index (χ0) is 14.1. The van der Waals surface area contributed by atoms with Crippen LogP contribution in [0.2, 0.25) is 0 Å². The fourth-order valence-electron chi connectivity index (χ4n) is 1.88. The first-order valence-corrected chi connectivity index (χ1v) is 6.72. The summed E-state index contributed by atoms with van der Waals surface area (Å²) in [5.74, 6) is 0.878. The van der Waals surface area contributed by atoms with E-state index in [9.17, 15) is 0 Å². The highest BCUT2D eigenvalue weighted by Gasteiger charge is 2.15. The molecule has 0 heterocycles. The van der Waals surface area contributed by atoms with E-state index in [1.807, 2.05) is 39.1 Å². The maximum absolute atomic E-state index is 5.81. The molecular formula is C15H25NO3. The number of hydrogen-bond acceptors (Lipinski definition) is 4. The first-order valence-electron chi connectivity index (χ1n) is 6.72. The molecule has 0 aliphatic heterocycles. The Morgan fingerprint density at radius 3 is 2.58 bits per heavy atom. The minimum absolute atomic E-state index is 0.0884. The number of likely N-dealkylation sites (N-methyl/N-ethyl adjacent to an activating group) is 1. The highest BCUT2D eigenvalue weighted by atomic mass is 16.5. The van der Waals surface area contributed by atoms with Crippen LogP contribution in [0.15, 0.2) is 24.3 Å². The fraction of sp³-hybridized carbons (Fsp3) is 0.600. The lowest BCUT2D eigenvalue weighted by atomic mass is 10.1. The first kappa shape index (κ1) is 16.0. The summed E-state index contributed by atoms with van der Waals surface area (Å²) in [6, 6.07) is 8.10. The average molecular weight is 267 g/mol. The van der Waals surface area contributed by atoms with Crippen molar-refractivity contribution in [1.82, 2.24) is 5.32 Å².